The van der Waals surface area contributed by atoms with Gasteiger partial charge < -0.3 is 14.8 Å². The molecule has 160 valence electrons. The summed E-state index contributed by atoms with van der Waals surface area (Å²) >= 11 is 0. The number of rotatable bonds is 7. The van der Waals surface area contributed by atoms with Crippen LogP contribution < -0.4 is 14.8 Å². The number of nitrogens with zero attached hydrogens (tertiary/aromatic N) is 2. The first-order valence-electron chi connectivity index (χ1n) is 9.07. The van der Waals surface area contributed by atoms with Gasteiger partial charge in [-0.1, -0.05) is 0 Å². The van der Waals surface area contributed by atoms with Gasteiger partial charge in [0, 0.05) is 12.6 Å². The number of sulfonamides is 1. The Morgan fingerprint density at radius 2 is 1.87 bits per heavy atom. The molecule has 0 bridgehead atoms. The van der Waals surface area contributed by atoms with Gasteiger partial charge in [0.15, 0.2) is 0 Å². The number of nitrogens with one attached hydrogen (secondary N) is 1. The summed E-state index contributed by atoms with van der Waals surface area (Å²) in [6.07, 6.45) is 0.890. The molecule has 1 unspecified atom stereocenters. The van der Waals surface area contributed by atoms with Gasteiger partial charge in [-0.3, -0.25) is 14.9 Å². The SMILES string of the molecule is COc1ccc(S(=O)(=O)N2CCCC2C(=O)Nc2ccc([N+](=O)[O-])cc2OC)cc1. The van der Waals surface area contributed by atoms with Gasteiger partial charge in [0.25, 0.3) is 5.69 Å². The van der Waals surface area contributed by atoms with Crippen molar-refractivity contribution in [2.24, 2.45) is 0 Å². The van der Waals surface area contributed by atoms with Crippen LogP contribution in [-0.2, 0) is 14.8 Å². The maximum Gasteiger partial charge on any atom is 0.273 e. The van der Waals surface area contributed by atoms with Crippen LogP contribution in [-0.4, -0.2) is 50.4 Å². The van der Waals surface area contributed by atoms with Gasteiger partial charge in [0.2, 0.25) is 15.9 Å². The van der Waals surface area contributed by atoms with Crippen LogP contribution >= 0.6 is 0 Å². The highest BCUT2D eigenvalue weighted by atomic mass is 32.2. The Morgan fingerprint density at radius 3 is 2.47 bits per heavy atom. The summed E-state index contributed by atoms with van der Waals surface area (Å²) in [5.41, 5.74) is 0.0382. The van der Waals surface area contributed by atoms with Gasteiger partial charge in [-0.2, -0.15) is 4.31 Å². The van der Waals surface area contributed by atoms with Crippen molar-refractivity contribution in [3.63, 3.8) is 0 Å². The number of nitro groups is 1. The van der Waals surface area contributed by atoms with Crippen molar-refractivity contribution in [1.82, 2.24) is 4.31 Å². The number of non-ortho nitro benzene ring substituents is 1. The van der Waals surface area contributed by atoms with Crippen LogP contribution in [0.5, 0.6) is 11.5 Å². The van der Waals surface area contributed by atoms with Gasteiger partial charge in [0.05, 0.1) is 35.8 Å². The molecule has 1 amide bonds. The molecule has 10 nitrogen and oxygen atoms in total. The van der Waals surface area contributed by atoms with Crippen molar-refractivity contribution < 1.29 is 27.6 Å². The largest absolute Gasteiger partial charge is 0.497 e. The lowest BCUT2D eigenvalue weighted by atomic mass is 10.2. The molecule has 1 fully saturated rings. The van der Waals surface area contributed by atoms with E-state index in [2.05, 4.69) is 5.32 Å². The number of benzene rings is 2. The maximum atomic E-state index is 13.0. The van der Waals surface area contributed by atoms with Gasteiger partial charge >= 0.3 is 0 Å². The summed E-state index contributed by atoms with van der Waals surface area (Å²) in [4.78, 5) is 23.3. The number of hydrogen-bond acceptors (Lipinski definition) is 7. The van der Waals surface area contributed by atoms with E-state index in [1.807, 2.05) is 0 Å². The van der Waals surface area contributed by atoms with E-state index in [0.717, 1.165) is 0 Å². The van der Waals surface area contributed by atoms with Crippen LogP contribution in [0, 0.1) is 10.1 Å². The normalized spacial score (nSPS) is 16.8. The molecule has 0 spiro atoms. The molecule has 0 aliphatic carbocycles. The van der Waals surface area contributed by atoms with Gasteiger partial charge in [-0.25, -0.2) is 8.42 Å². The molecular formula is C19H21N3O7S. The molecule has 1 heterocycles. The molecule has 2 aromatic rings. The van der Waals surface area contributed by atoms with E-state index in [1.54, 1.807) is 12.1 Å². The van der Waals surface area contributed by atoms with Gasteiger partial charge in [-0.15, -0.1) is 0 Å². The summed E-state index contributed by atoms with van der Waals surface area (Å²) in [5, 5.41) is 13.6. The zero-order valence-electron chi connectivity index (χ0n) is 16.4. The molecule has 0 radical (unpaired) electrons. The molecule has 3 rings (SSSR count). The van der Waals surface area contributed by atoms with Crippen LogP contribution in [0.1, 0.15) is 12.8 Å². The Kier molecular flexibility index (Phi) is 6.22. The standard InChI is InChI=1S/C19H21N3O7S/c1-28-14-6-8-15(9-7-14)30(26,27)21-11-3-4-17(21)19(23)20-16-10-5-13(22(24)25)12-18(16)29-2/h5-10,12,17H,3-4,11H2,1-2H3,(H,20,23). The highest BCUT2D eigenvalue weighted by Gasteiger charge is 2.39. The third-order valence-corrected chi connectivity index (χ3v) is 6.75. The molecular weight excluding hydrogens is 414 g/mol. The van der Waals surface area contributed by atoms with E-state index in [-0.39, 0.29) is 28.6 Å². The number of amides is 1. The average Bonchev–Trinajstić information content (AvgIpc) is 3.25. The Labute approximate surface area is 173 Å². The second-order valence-corrected chi connectivity index (χ2v) is 8.47. The first kappa shape index (κ1) is 21.5. The molecule has 2 aromatic carbocycles. The highest BCUT2D eigenvalue weighted by Crippen LogP contribution is 2.31. The first-order valence-corrected chi connectivity index (χ1v) is 10.5. The fourth-order valence-electron chi connectivity index (χ4n) is 3.29. The topological polar surface area (TPSA) is 128 Å². The lowest BCUT2D eigenvalue weighted by molar-refractivity contribution is -0.384. The molecule has 1 aliphatic rings. The first-order chi connectivity index (χ1) is 14.3. The summed E-state index contributed by atoms with van der Waals surface area (Å²) in [6.45, 7) is 0.212. The van der Waals surface area contributed by atoms with Gasteiger partial charge in [0.1, 0.15) is 17.5 Å². The second-order valence-electron chi connectivity index (χ2n) is 6.58. The van der Waals surface area contributed by atoms with E-state index >= 15 is 0 Å². The van der Waals surface area contributed by atoms with E-state index < -0.39 is 26.9 Å². The lowest BCUT2D eigenvalue weighted by Crippen LogP contribution is -2.43. The predicted octanol–water partition coefficient (Wildman–Crippen LogP) is 2.40. The smallest absolute Gasteiger partial charge is 0.273 e. The van der Waals surface area contributed by atoms with Gasteiger partial charge in [-0.05, 0) is 43.2 Å². The number of hydrogen-bond donors (Lipinski definition) is 1. The summed E-state index contributed by atoms with van der Waals surface area (Å²) in [5.74, 6) is 0.103. The van der Waals surface area contributed by atoms with Crippen molar-refractivity contribution in [2.45, 2.75) is 23.8 Å². The van der Waals surface area contributed by atoms with Crippen molar-refractivity contribution in [1.29, 1.82) is 0 Å². The molecule has 1 saturated heterocycles. The summed E-state index contributed by atoms with van der Waals surface area (Å²) < 4.78 is 37.4. The van der Waals surface area contributed by atoms with Crippen LogP contribution in [0.3, 0.4) is 0 Å². The Morgan fingerprint density at radius 1 is 1.17 bits per heavy atom. The fourth-order valence-corrected chi connectivity index (χ4v) is 4.94. The van der Waals surface area contributed by atoms with Crippen molar-refractivity contribution in [3.05, 3.63) is 52.6 Å². The summed E-state index contributed by atoms with van der Waals surface area (Å²) in [7, 11) is -1.08. The number of methoxy groups -OCH3 is 2. The number of carbonyl (C=O) groups is 1. The zero-order valence-corrected chi connectivity index (χ0v) is 17.2. The fraction of sp³-hybridized carbons (Fsp3) is 0.316. The maximum absolute atomic E-state index is 13.0. The monoisotopic (exact) mass is 435 g/mol. The van der Waals surface area contributed by atoms with E-state index in [4.69, 9.17) is 9.47 Å². The van der Waals surface area contributed by atoms with Crippen LogP contribution in [0.15, 0.2) is 47.4 Å². The number of nitro benzene ring substituents is 1. The van der Waals surface area contributed by atoms with E-state index in [9.17, 15) is 23.3 Å². The molecule has 0 saturated carbocycles. The van der Waals surface area contributed by atoms with Crippen molar-refractivity contribution in [3.8, 4) is 11.5 Å². The molecule has 30 heavy (non-hydrogen) atoms. The minimum absolute atomic E-state index is 0.0657. The summed E-state index contributed by atoms with van der Waals surface area (Å²) in [6, 6.07) is 8.82. The molecule has 0 aromatic heterocycles. The number of anilines is 1. The van der Waals surface area contributed by atoms with Crippen molar-refractivity contribution in [2.75, 3.05) is 26.1 Å². The lowest BCUT2D eigenvalue weighted by Gasteiger charge is -2.23. The van der Waals surface area contributed by atoms with E-state index in [1.165, 1.54) is 48.9 Å². The highest BCUT2D eigenvalue weighted by molar-refractivity contribution is 7.89. The Hall–Kier alpha value is -3.18. The minimum atomic E-state index is -3.89. The molecule has 1 N–H and O–H groups in total. The minimum Gasteiger partial charge on any atom is -0.497 e. The number of ether oxygens (including phenoxy) is 2. The van der Waals surface area contributed by atoms with E-state index in [0.29, 0.717) is 18.6 Å². The predicted molar refractivity (Wildman–Crippen MR) is 108 cm³/mol. The molecule has 1 atom stereocenters. The third kappa shape index (κ3) is 4.21. The number of carbonyl (C=O) groups excluding carboxylic acids is 1. The third-order valence-electron chi connectivity index (χ3n) is 4.83. The molecule has 1 aliphatic heterocycles. The average molecular weight is 435 g/mol. The second kappa shape index (κ2) is 8.67. The van der Waals surface area contributed by atoms with Crippen LogP contribution in [0.2, 0.25) is 0 Å². The zero-order chi connectivity index (χ0) is 21.9. The Balaban J connectivity index is 1.83. The molecule has 11 heteroatoms. The Bertz CT molecular complexity index is 1050. The van der Waals surface area contributed by atoms with Crippen molar-refractivity contribution >= 4 is 27.3 Å². The van der Waals surface area contributed by atoms with Crippen LogP contribution in [0.4, 0.5) is 11.4 Å². The van der Waals surface area contributed by atoms with Crippen LogP contribution in [0.25, 0.3) is 0 Å². The quantitative estimate of drug-likeness (QED) is 0.522.